The van der Waals surface area contributed by atoms with Crippen molar-refractivity contribution >= 4 is 0 Å². The molecule has 0 aliphatic heterocycles. The molecule has 0 heterocycles. The molecule has 1 aliphatic rings. The number of hydrogen-bond donors (Lipinski definition) is 0. The van der Waals surface area contributed by atoms with E-state index in [2.05, 4.69) is 13.8 Å². The van der Waals surface area contributed by atoms with Crippen molar-refractivity contribution in [2.75, 3.05) is 0 Å². The van der Waals surface area contributed by atoms with E-state index in [0.717, 1.165) is 17.4 Å². The van der Waals surface area contributed by atoms with Crippen LogP contribution in [0.25, 0.3) is 0 Å². The van der Waals surface area contributed by atoms with Gasteiger partial charge >= 0.3 is 0 Å². The van der Waals surface area contributed by atoms with Crippen molar-refractivity contribution in [1.82, 2.24) is 0 Å². The van der Waals surface area contributed by atoms with Gasteiger partial charge in [-0.1, -0.05) is 51.7 Å². The maximum Gasteiger partial charge on any atom is 0.126 e. The number of rotatable bonds is 0. The first kappa shape index (κ1) is 18.3. The Balaban J connectivity index is 0.000000306. The molecule has 18 heavy (non-hydrogen) atoms. The van der Waals surface area contributed by atoms with E-state index in [1.165, 1.54) is 31.7 Å². The first-order valence-corrected chi connectivity index (χ1v) is 6.71. The van der Waals surface area contributed by atoms with E-state index in [-0.39, 0.29) is 38.5 Å². The van der Waals surface area contributed by atoms with Gasteiger partial charge in [-0.05, 0) is 42.9 Å². The van der Waals surface area contributed by atoms with Crippen LogP contribution in [-0.4, -0.2) is 0 Å². The summed E-state index contributed by atoms with van der Waals surface area (Å²) in [5.41, 5.74) is 1.68. The van der Waals surface area contributed by atoms with E-state index in [0.29, 0.717) is 5.56 Å². The summed E-state index contributed by atoms with van der Waals surface area (Å²) in [6, 6.07) is 5.22. The molecule has 2 rings (SSSR count). The summed E-state index contributed by atoms with van der Waals surface area (Å²) in [6.07, 6.45) is 5.89. The summed E-state index contributed by atoms with van der Waals surface area (Å²) in [7, 11) is 0. The Hall–Kier alpha value is 0.254. The second kappa shape index (κ2) is 9.20. The fraction of sp³-hybridized carbons (Fsp3) is 0.625. The van der Waals surface area contributed by atoms with E-state index in [1.54, 1.807) is 13.0 Å². The van der Waals surface area contributed by atoms with Crippen LogP contribution in [0.4, 0.5) is 4.39 Å². The summed E-state index contributed by atoms with van der Waals surface area (Å²) in [5.74, 6) is 1.92. The van der Waals surface area contributed by atoms with Crippen molar-refractivity contribution in [3.8, 4) is 0 Å². The number of aryl methyl sites for hydroxylation is 2. The molecule has 0 amide bonds. The predicted molar refractivity (Wildman–Crippen MR) is 72.7 cm³/mol. The van der Waals surface area contributed by atoms with Crippen LogP contribution in [0, 0.1) is 31.5 Å². The average Bonchev–Trinajstić information content (AvgIpc) is 2.29. The molecule has 1 aromatic carbocycles. The molecule has 0 saturated heterocycles. The molecule has 0 N–H and O–H groups in total. The van der Waals surface area contributed by atoms with Gasteiger partial charge in [-0.3, -0.25) is 0 Å². The molecule has 1 fully saturated rings. The van der Waals surface area contributed by atoms with E-state index >= 15 is 0 Å². The minimum atomic E-state index is -0.116. The predicted octanol–water partition coefficient (Wildman–Crippen LogP) is 5.27. The van der Waals surface area contributed by atoms with Gasteiger partial charge < -0.3 is 0 Å². The van der Waals surface area contributed by atoms with Crippen LogP contribution in [0.3, 0.4) is 0 Å². The molecular weight excluding hydrogens is 300 g/mol. The Bertz CT molecular complexity index is 331. The fourth-order valence-corrected chi connectivity index (χ4v) is 2.12. The van der Waals surface area contributed by atoms with Crippen molar-refractivity contribution in [1.29, 1.82) is 0 Å². The van der Waals surface area contributed by atoms with Crippen LogP contribution in [0.2, 0.25) is 0 Å². The van der Waals surface area contributed by atoms with Crippen LogP contribution < -0.4 is 0 Å². The van der Waals surface area contributed by atoms with E-state index in [1.807, 2.05) is 13.0 Å². The van der Waals surface area contributed by atoms with Crippen molar-refractivity contribution in [2.45, 2.75) is 53.4 Å². The van der Waals surface area contributed by atoms with E-state index in [4.69, 9.17) is 0 Å². The Morgan fingerprint density at radius 3 is 1.72 bits per heavy atom. The number of halogens is 1. The second-order valence-electron chi connectivity index (χ2n) is 5.62. The van der Waals surface area contributed by atoms with Crippen LogP contribution in [0.5, 0.6) is 0 Å². The molecule has 1 radical (unpaired) electrons. The summed E-state index contributed by atoms with van der Waals surface area (Å²) in [5, 5.41) is 0. The van der Waals surface area contributed by atoms with Crippen LogP contribution >= 0.6 is 0 Å². The third-order valence-electron chi connectivity index (χ3n) is 3.63. The van der Waals surface area contributed by atoms with Crippen LogP contribution in [-0.2, 0) is 32.7 Å². The van der Waals surface area contributed by atoms with Crippen molar-refractivity contribution in [3.63, 3.8) is 0 Å². The zero-order valence-electron chi connectivity index (χ0n) is 12.2. The molecule has 0 bridgehead atoms. The van der Waals surface area contributed by atoms with Gasteiger partial charge in [0.1, 0.15) is 5.82 Å². The molecule has 99 valence electrons. The van der Waals surface area contributed by atoms with Gasteiger partial charge in [0.2, 0.25) is 0 Å². The fourth-order valence-electron chi connectivity index (χ4n) is 2.12. The zero-order valence-corrected chi connectivity index (χ0v) is 15.0. The SMILES string of the molecule is CC1CCC(C)CC1.Cc1ccc(C)c(F)c1.[Y]. The number of benzene rings is 1. The van der Waals surface area contributed by atoms with E-state index in [9.17, 15) is 4.39 Å². The Labute approximate surface area is 137 Å². The normalized spacial score (nSPS) is 22.5. The zero-order chi connectivity index (χ0) is 12.8. The summed E-state index contributed by atoms with van der Waals surface area (Å²) in [6.45, 7) is 8.37. The van der Waals surface area contributed by atoms with Crippen molar-refractivity contribution in [3.05, 3.63) is 35.1 Å². The molecule has 0 unspecified atom stereocenters. The van der Waals surface area contributed by atoms with Gasteiger partial charge in [0.15, 0.2) is 0 Å². The largest absolute Gasteiger partial charge is 0.207 e. The molecule has 0 aromatic heterocycles. The molecule has 1 saturated carbocycles. The monoisotopic (exact) mass is 325 g/mol. The average molecular weight is 325 g/mol. The second-order valence-corrected chi connectivity index (χ2v) is 5.62. The third kappa shape index (κ3) is 6.99. The van der Waals surface area contributed by atoms with Gasteiger partial charge in [0, 0.05) is 32.7 Å². The standard InChI is InChI=1S/C8H9F.C8H16.Y/c1-6-3-4-7(2)8(9)5-6;1-7-3-5-8(2)6-4-7;/h3-5H,1-2H3;7-8H,3-6H2,1-2H3;. The Morgan fingerprint density at radius 2 is 1.39 bits per heavy atom. The van der Waals surface area contributed by atoms with Gasteiger partial charge in [0.25, 0.3) is 0 Å². The first-order valence-electron chi connectivity index (χ1n) is 6.71. The first-order chi connectivity index (χ1) is 7.99. The maximum absolute atomic E-state index is 12.6. The molecule has 0 spiro atoms. The Morgan fingerprint density at radius 1 is 0.944 bits per heavy atom. The van der Waals surface area contributed by atoms with Gasteiger partial charge in [-0.25, -0.2) is 4.39 Å². The van der Waals surface area contributed by atoms with Gasteiger partial charge in [-0.15, -0.1) is 0 Å². The Kier molecular flexibility index (Phi) is 9.33. The molecule has 2 heteroatoms. The maximum atomic E-state index is 12.6. The molecule has 1 aromatic rings. The van der Waals surface area contributed by atoms with Gasteiger partial charge in [-0.2, -0.15) is 0 Å². The minimum Gasteiger partial charge on any atom is -0.207 e. The van der Waals surface area contributed by atoms with Crippen molar-refractivity contribution < 1.29 is 37.1 Å². The quantitative estimate of drug-likeness (QED) is 0.609. The van der Waals surface area contributed by atoms with Crippen molar-refractivity contribution in [2.24, 2.45) is 11.8 Å². The summed E-state index contributed by atoms with van der Waals surface area (Å²) < 4.78 is 12.6. The van der Waals surface area contributed by atoms with Gasteiger partial charge in [0.05, 0.1) is 0 Å². The topological polar surface area (TPSA) is 0 Å². The molecular formula is C16H25FY. The summed E-state index contributed by atoms with van der Waals surface area (Å²) >= 11 is 0. The smallest absolute Gasteiger partial charge is 0.126 e. The summed E-state index contributed by atoms with van der Waals surface area (Å²) in [4.78, 5) is 0. The minimum absolute atomic E-state index is 0. The molecule has 0 nitrogen and oxygen atoms in total. The van der Waals surface area contributed by atoms with Crippen LogP contribution in [0.1, 0.15) is 50.7 Å². The van der Waals surface area contributed by atoms with Crippen LogP contribution in [0.15, 0.2) is 18.2 Å². The third-order valence-corrected chi connectivity index (χ3v) is 3.63. The van der Waals surface area contributed by atoms with E-state index < -0.39 is 0 Å². The number of hydrogen-bond acceptors (Lipinski definition) is 0. The molecule has 0 atom stereocenters. The molecule has 1 aliphatic carbocycles.